The second kappa shape index (κ2) is 8.07. The number of piperazine rings is 1. The van der Waals surface area contributed by atoms with E-state index in [1.807, 2.05) is 12.1 Å². The zero-order chi connectivity index (χ0) is 20.5. The molecule has 0 atom stereocenters. The molecule has 0 N–H and O–H groups in total. The summed E-state index contributed by atoms with van der Waals surface area (Å²) >= 11 is 6.64. The first-order valence-corrected chi connectivity index (χ1v) is 10.2. The number of nitro benzene ring substituents is 1. The summed E-state index contributed by atoms with van der Waals surface area (Å²) in [7, 11) is 2.05. The molecule has 1 aromatic carbocycles. The second-order valence-electron chi connectivity index (χ2n) is 6.73. The molecule has 3 heterocycles. The number of rotatable bonds is 4. The maximum absolute atomic E-state index is 12.9. The molecule has 10 heteroatoms. The first-order chi connectivity index (χ1) is 13.9. The minimum absolute atomic E-state index is 0.0326. The van der Waals surface area contributed by atoms with E-state index >= 15 is 0 Å². The standard InChI is InChI=1S/C19H18N4O4S2/c1-20-8-10-21(11-9-20)22-18(24)17(29-19(22)28)12-13-6-7-16(27-13)14-4-2-3-5-15(14)23(25)26/h2-7,12H,8-11H2,1H3. The summed E-state index contributed by atoms with van der Waals surface area (Å²) in [5.41, 5.74) is 0.358. The number of thiocarbonyl (C=S) groups is 1. The number of carbonyl (C=O) groups is 1. The topological polar surface area (TPSA) is 83.1 Å². The third kappa shape index (κ3) is 3.97. The third-order valence-electron chi connectivity index (χ3n) is 4.80. The van der Waals surface area contributed by atoms with Gasteiger partial charge in [0.05, 0.1) is 15.4 Å². The van der Waals surface area contributed by atoms with E-state index in [9.17, 15) is 14.9 Å². The Labute approximate surface area is 176 Å². The molecular formula is C19H18N4O4S2. The van der Waals surface area contributed by atoms with Gasteiger partial charge in [-0.1, -0.05) is 36.1 Å². The average molecular weight is 431 g/mol. The lowest BCUT2D eigenvalue weighted by Crippen LogP contribution is -2.54. The number of hydrazine groups is 1. The van der Waals surface area contributed by atoms with Crippen molar-refractivity contribution >= 4 is 46.0 Å². The molecule has 2 fully saturated rings. The summed E-state index contributed by atoms with van der Waals surface area (Å²) in [5, 5.41) is 14.8. The molecule has 29 heavy (non-hydrogen) atoms. The van der Waals surface area contributed by atoms with Crippen molar-refractivity contribution in [3.8, 4) is 11.3 Å². The van der Waals surface area contributed by atoms with Gasteiger partial charge >= 0.3 is 0 Å². The summed E-state index contributed by atoms with van der Waals surface area (Å²) in [6, 6.07) is 9.73. The van der Waals surface area contributed by atoms with Crippen LogP contribution in [-0.4, -0.2) is 63.3 Å². The Hall–Kier alpha value is -2.53. The van der Waals surface area contributed by atoms with E-state index in [4.69, 9.17) is 16.6 Å². The fourth-order valence-corrected chi connectivity index (χ4v) is 4.53. The molecule has 2 saturated heterocycles. The molecule has 150 valence electrons. The van der Waals surface area contributed by atoms with Gasteiger partial charge in [0, 0.05) is 38.3 Å². The van der Waals surface area contributed by atoms with Crippen molar-refractivity contribution in [3.05, 3.63) is 57.2 Å². The molecule has 2 aromatic rings. The minimum Gasteiger partial charge on any atom is -0.456 e. The van der Waals surface area contributed by atoms with Crippen LogP contribution in [0.15, 0.2) is 45.7 Å². The maximum Gasteiger partial charge on any atom is 0.281 e. The highest BCUT2D eigenvalue weighted by Crippen LogP contribution is 2.36. The van der Waals surface area contributed by atoms with Crippen LogP contribution in [0.3, 0.4) is 0 Å². The van der Waals surface area contributed by atoms with E-state index in [1.165, 1.54) is 17.8 Å². The number of thioether (sulfide) groups is 1. The summed E-state index contributed by atoms with van der Waals surface area (Å²) in [6.45, 7) is 3.21. The van der Waals surface area contributed by atoms with E-state index in [-0.39, 0.29) is 11.6 Å². The number of hydrogen-bond donors (Lipinski definition) is 0. The van der Waals surface area contributed by atoms with Gasteiger partial charge in [-0.3, -0.25) is 14.9 Å². The molecule has 0 spiro atoms. The van der Waals surface area contributed by atoms with Gasteiger partial charge in [-0.05, 0) is 25.2 Å². The number of para-hydroxylation sites is 1. The Morgan fingerprint density at radius 1 is 1.17 bits per heavy atom. The van der Waals surface area contributed by atoms with Gasteiger partial charge in [0.2, 0.25) is 0 Å². The van der Waals surface area contributed by atoms with Gasteiger partial charge in [-0.15, -0.1) is 0 Å². The molecule has 0 bridgehead atoms. The van der Waals surface area contributed by atoms with Gasteiger partial charge in [-0.25, -0.2) is 10.0 Å². The Balaban J connectivity index is 1.56. The van der Waals surface area contributed by atoms with Gasteiger partial charge in [0.15, 0.2) is 4.32 Å². The monoisotopic (exact) mass is 430 g/mol. The molecule has 1 amide bonds. The molecule has 0 saturated carbocycles. The van der Waals surface area contributed by atoms with E-state index < -0.39 is 4.92 Å². The predicted octanol–water partition coefficient (Wildman–Crippen LogP) is 3.22. The molecule has 0 aliphatic carbocycles. The number of likely N-dealkylation sites (N-methyl/N-ethyl adjacent to an activating group) is 1. The number of benzene rings is 1. The highest BCUT2D eigenvalue weighted by molar-refractivity contribution is 8.26. The molecule has 2 aliphatic rings. The van der Waals surface area contributed by atoms with Crippen molar-refractivity contribution in [2.24, 2.45) is 0 Å². The van der Waals surface area contributed by atoms with Gasteiger partial charge in [0.1, 0.15) is 11.5 Å². The van der Waals surface area contributed by atoms with Crippen molar-refractivity contribution in [1.29, 1.82) is 0 Å². The second-order valence-corrected chi connectivity index (χ2v) is 8.40. The molecule has 1 aromatic heterocycles. The third-order valence-corrected chi connectivity index (χ3v) is 6.09. The van der Waals surface area contributed by atoms with Crippen molar-refractivity contribution in [2.45, 2.75) is 0 Å². The fraction of sp³-hybridized carbons (Fsp3) is 0.263. The highest BCUT2D eigenvalue weighted by Gasteiger charge is 2.37. The summed E-state index contributed by atoms with van der Waals surface area (Å²) < 4.78 is 6.27. The molecule has 2 aliphatic heterocycles. The van der Waals surface area contributed by atoms with Crippen LogP contribution in [0.5, 0.6) is 0 Å². The van der Waals surface area contributed by atoms with Crippen LogP contribution in [0, 0.1) is 10.1 Å². The number of carbonyl (C=O) groups excluding carboxylic acids is 1. The lowest BCUT2D eigenvalue weighted by molar-refractivity contribution is -0.384. The number of amides is 1. The number of nitro groups is 1. The van der Waals surface area contributed by atoms with Crippen LogP contribution in [0.1, 0.15) is 5.76 Å². The first-order valence-electron chi connectivity index (χ1n) is 8.99. The van der Waals surface area contributed by atoms with Gasteiger partial charge in [0.25, 0.3) is 11.6 Å². The molecule has 8 nitrogen and oxygen atoms in total. The number of hydrogen-bond acceptors (Lipinski definition) is 8. The smallest absolute Gasteiger partial charge is 0.281 e. The van der Waals surface area contributed by atoms with Crippen molar-refractivity contribution < 1.29 is 14.1 Å². The quantitative estimate of drug-likeness (QED) is 0.316. The Morgan fingerprint density at radius 3 is 2.62 bits per heavy atom. The van der Waals surface area contributed by atoms with Crippen LogP contribution in [0.2, 0.25) is 0 Å². The zero-order valence-corrected chi connectivity index (χ0v) is 17.2. The van der Waals surface area contributed by atoms with Crippen molar-refractivity contribution in [2.75, 3.05) is 33.2 Å². The van der Waals surface area contributed by atoms with E-state index in [2.05, 4.69) is 4.90 Å². The minimum atomic E-state index is -0.446. The maximum atomic E-state index is 12.9. The van der Waals surface area contributed by atoms with E-state index in [1.54, 1.807) is 41.4 Å². The molecule has 0 unspecified atom stereocenters. The predicted molar refractivity (Wildman–Crippen MR) is 115 cm³/mol. The Bertz CT molecular complexity index is 1010. The first kappa shape index (κ1) is 19.8. The van der Waals surface area contributed by atoms with Crippen LogP contribution < -0.4 is 0 Å². The number of nitrogens with zero attached hydrogens (tertiary/aromatic N) is 4. The van der Waals surface area contributed by atoms with Crippen LogP contribution in [0.25, 0.3) is 17.4 Å². The zero-order valence-electron chi connectivity index (χ0n) is 15.6. The lowest BCUT2D eigenvalue weighted by atomic mass is 10.1. The van der Waals surface area contributed by atoms with Crippen LogP contribution >= 0.6 is 24.0 Å². The Kier molecular flexibility index (Phi) is 5.50. The lowest BCUT2D eigenvalue weighted by Gasteiger charge is -2.37. The largest absolute Gasteiger partial charge is 0.456 e. The van der Waals surface area contributed by atoms with Gasteiger partial charge < -0.3 is 9.32 Å². The van der Waals surface area contributed by atoms with Crippen LogP contribution in [0.4, 0.5) is 5.69 Å². The van der Waals surface area contributed by atoms with E-state index in [0.29, 0.717) is 26.3 Å². The molecule has 4 rings (SSSR count). The van der Waals surface area contributed by atoms with Crippen molar-refractivity contribution in [1.82, 2.24) is 14.9 Å². The average Bonchev–Trinajstić information content (AvgIpc) is 3.27. The molecular weight excluding hydrogens is 412 g/mol. The summed E-state index contributed by atoms with van der Waals surface area (Å²) in [5.74, 6) is 0.642. The van der Waals surface area contributed by atoms with Crippen LogP contribution in [-0.2, 0) is 4.79 Å². The van der Waals surface area contributed by atoms with E-state index in [0.717, 1.165) is 26.2 Å². The Morgan fingerprint density at radius 2 is 1.90 bits per heavy atom. The normalized spacial score (nSPS) is 20.0. The molecule has 0 radical (unpaired) electrons. The van der Waals surface area contributed by atoms with Gasteiger partial charge in [-0.2, -0.15) is 0 Å². The SMILES string of the molecule is CN1CCN(N2C(=O)C(=Cc3ccc(-c4ccccc4[N+](=O)[O-])o3)SC2=S)CC1. The summed E-state index contributed by atoms with van der Waals surface area (Å²) in [4.78, 5) is 26.4. The number of furan rings is 1. The highest BCUT2D eigenvalue weighted by atomic mass is 32.2. The fourth-order valence-electron chi connectivity index (χ4n) is 3.24. The van der Waals surface area contributed by atoms with Crippen molar-refractivity contribution in [3.63, 3.8) is 0 Å². The summed E-state index contributed by atoms with van der Waals surface area (Å²) in [6.07, 6.45) is 1.63.